The number of fused-ring (bicyclic) bond motifs is 1. The van der Waals surface area contributed by atoms with Crippen LogP contribution in [0, 0.1) is 23.2 Å². The molecule has 260 valence electrons. The molecule has 10 nitrogen and oxygen atoms in total. The van der Waals surface area contributed by atoms with Crippen LogP contribution in [0.4, 0.5) is 0 Å². The van der Waals surface area contributed by atoms with Crippen molar-refractivity contribution in [3.8, 4) is 0 Å². The molecule has 3 amide bonds. The second-order valence-electron chi connectivity index (χ2n) is 15.5. The molecule has 3 heterocycles. The summed E-state index contributed by atoms with van der Waals surface area (Å²) < 4.78 is 12.5. The number of ether oxygens (including phenoxy) is 2. The van der Waals surface area contributed by atoms with E-state index in [2.05, 4.69) is 55.2 Å². The van der Waals surface area contributed by atoms with Crippen LogP contribution >= 0.6 is 15.9 Å². The number of carbonyl (C=O) groups is 4. The molecule has 2 N–H and O–H groups in total. The first-order chi connectivity index (χ1) is 21.3. The fraction of sp³-hybridized carbons (Fsp3) is 0.771. The Morgan fingerprint density at radius 1 is 1.20 bits per heavy atom. The Labute approximate surface area is 283 Å². The third-order valence-corrected chi connectivity index (χ3v) is 10.2. The van der Waals surface area contributed by atoms with Crippen LogP contribution in [0.5, 0.6) is 0 Å². The Morgan fingerprint density at radius 2 is 1.85 bits per heavy atom. The summed E-state index contributed by atoms with van der Waals surface area (Å²) in [5.74, 6) is -3.22. The van der Waals surface area contributed by atoms with Crippen molar-refractivity contribution < 1.29 is 33.8 Å². The van der Waals surface area contributed by atoms with Crippen LogP contribution in [0.2, 0.25) is 0 Å². The van der Waals surface area contributed by atoms with Gasteiger partial charge in [0.15, 0.2) is 0 Å². The molecule has 0 aliphatic carbocycles. The molecule has 8 atom stereocenters. The average molecular weight is 711 g/mol. The van der Waals surface area contributed by atoms with Gasteiger partial charge in [-0.3, -0.25) is 19.2 Å². The zero-order valence-electron chi connectivity index (χ0n) is 29.0. The Bertz CT molecular complexity index is 1170. The van der Waals surface area contributed by atoms with E-state index < -0.39 is 53.2 Å². The summed E-state index contributed by atoms with van der Waals surface area (Å²) in [6.45, 7) is 23.7. The number of carbonyl (C=O) groups excluding carboxylic acids is 4. The maximum atomic E-state index is 15.0. The zero-order valence-corrected chi connectivity index (χ0v) is 30.6. The number of nitrogens with one attached hydrogen (secondary N) is 1. The lowest BCUT2D eigenvalue weighted by molar-refractivity contribution is -0.160. The minimum Gasteiger partial charge on any atom is -0.460 e. The van der Waals surface area contributed by atoms with Gasteiger partial charge in [-0.05, 0) is 57.8 Å². The summed E-state index contributed by atoms with van der Waals surface area (Å²) in [6.07, 6.45) is 4.36. The van der Waals surface area contributed by atoms with Crippen LogP contribution in [0.1, 0.15) is 87.5 Å². The molecule has 0 aromatic heterocycles. The summed E-state index contributed by atoms with van der Waals surface area (Å²) in [4.78, 5) is 58.6. The van der Waals surface area contributed by atoms with Gasteiger partial charge < -0.3 is 29.7 Å². The zero-order chi connectivity index (χ0) is 34.8. The lowest BCUT2D eigenvalue weighted by Crippen LogP contribution is -2.62. The number of hydrogen-bond donors (Lipinski definition) is 2. The molecule has 3 saturated heterocycles. The number of amides is 3. The standard InChI is InChI=1S/C35H56BrN3O7/c1-11-13-14-25(41)37-18-22(5)45-32(44)26-27-30(42)39(23(19-40)16-21(3)4)29(35(27)17-24(36)28(26)46-35)31(43)38(15-12-2)34(9,10)20-33(6,7)8/h11-12,21-24,26-29,40H,1-2,13-20H2,3-10H3,(H,37,41)/t22-,23+,24?,26-,27+,28-,29-,35+/m0/s1. The smallest absolute Gasteiger partial charge is 0.312 e. The quantitative estimate of drug-likeness (QED) is 0.138. The fourth-order valence-electron chi connectivity index (χ4n) is 8.03. The molecule has 0 aromatic carbocycles. The van der Waals surface area contributed by atoms with Gasteiger partial charge in [-0.15, -0.1) is 13.2 Å². The number of alkyl halides is 1. The van der Waals surface area contributed by atoms with Crippen molar-refractivity contribution in [2.24, 2.45) is 23.2 Å². The highest BCUT2D eigenvalue weighted by Crippen LogP contribution is 2.61. The first-order valence-corrected chi connectivity index (χ1v) is 17.5. The molecule has 46 heavy (non-hydrogen) atoms. The molecular formula is C35H56BrN3O7. The van der Waals surface area contributed by atoms with Gasteiger partial charge in [0.2, 0.25) is 17.7 Å². The van der Waals surface area contributed by atoms with Crippen LogP contribution in [0.3, 0.4) is 0 Å². The van der Waals surface area contributed by atoms with Crippen molar-refractivity contribution in [2.75, 3.05) is 19.7 Å². The van der Waals surface area contributed by atoms with Gasteiger partial charge in [-0.25, -0.2) is 0 Å². The van der Waals surface area contributed by atoms with Crippen molar-refractivity contribution in [3.05, 3.63) is 25.3 Å². The van der Waals surface area contributed by atoms with Crippen molar-refractivity contribution in [1.29, 1.82) is 0 Å². The molecule has 2 bridgehead atoms. The van der Waals surface area contributed by atoms with E-state index in [1.54, 1.807) is 24.0 Å². The van der Waals surface area contributed by atoms with Crippen LogP contribution in [0.15, 0.2) is 25.3 Å². The monoisotopic (exact) mass is 709 g/mol. The molecule has 0 radical (unpaired) electrons. The number of rotatable bonds is 16. The number of halogens is 1. The van der Waals surface area contributed by atoms with E-state index in [1.165, 1.54) is 4.90 Å². The maximum absolute atomic E-state index is 15.0. The summed E-state index contributed by atoms with van der Waals surface area (Å²) >= 11 is 3.72. The number of esters is 1. The largest absolute Gasteiger partial charge is 0.460 e. The van der Waals surface area contributed by atoms with E-state index in [0.717, 1.165) is 0 Å². The van der Waals surface area contributed by atoms with Crippen LogP contribution < -0.4 is 5.32 Å². The van der Waals surface area contributed by atoms with Gasteiger partial charge in [0.05, 0.1) is 37.1 Å². The topological polar surface area (TPSA) is 125 Å². The number of aliphatic hydroxyl groups excluding tert-OH is 1. The molecule has 3 aliphatic rings. The SMILES string of the molecule is C=CCCC(=O)NC[C@H](C)OC(=O)[C@@H]1[C@H]2O[C@@]3(CC2Br)[C@H](C(=O)N(CC=C)C(C)(C)CC(C)(C)C)N([C@@H](CO)CC(C)C)C(=O)[C@@H]13. The number of aliphatic hydroxyl groups is 1. The maximum Gasteiger partial charge on any atom is 0.312 e. The van der Waals surface area contributed by atoms with Crippen molar-refractivity contribution in [2.45, 2.75) is 128 Å². The molecule has 11 heteroatoms. The van der Waals surface area contributed by atoms with Gasteiger partial charge in [-0.1, -0.05) is 62.7 Å². The Hall–Kier alpha value is -2.24. The summed E-state index contributed by atoms with van der Waals surface area (Å²) in [5.41, 5.74) is -1.99. The Kier molecular flexibility index (Phi) is 12.4. The van der Waals surface area contributed by atoms with E-state index >= 15 is 0 Å². The van der Waals surface area contributed by atoms with E-state index in [4.69, 9.17) is 9.47 Å². The number of allylic oxidation sites excluding steroid dienone is 1. The van der Waals surface area contributed by atoms with Gasteiger partial charge in [0, 0.05) is 23.3 Å². The summed E-state index contributed by atoms with van der Waals surface area (Å²) in [7, 11) is 0. The molecule has 1 spiro atoms. The van der Waals surface area contributed by atoms with Crippen molar-refractivity contribution in [3.63, 3.8) is 0 Å². The summed E-state index contributed by atoms with van der Waals surface area (Å²) in [6, 6.07) is -1.69. The van der Waals surface area contributed by atoms with Crippen LogP contribution in [-0.4, -0.2) is 98.6 Å². The second-order valence-corrected chi connectivity index (χ2v) is 16.7. The first kappa shape index (κ1) is 38.2. The fourth-order valence-corrected chi connectivity index (χ4v) is 8.98. The predicted molar refractivity (Wildman–Crippen MR) is 181 cm³/mol. The molecule has 1 unspecified atom stereocenters. The van der Waals surface area contributed by atoms with E-state index in [0.29, 0.717) is 25.7 Å². The van der Waals surface area contributed by atoms with Gasteiger partial charge in [-0.2, -0.15) is 0 Å². The van der Waals surface area contributed by atoms with Gasteiger partial charge in [0.25, 0.3) is 0 Å². The van der Waals surface area contributed by atoms with E-state index in [9.17, 15) is 24.3 Å². The minimum atomic E-state index is -1.29. The third-order valence-electron chi connectivity index (χ3n) is 9.33. The highest BCUT2D eigenvalue weighted by molar-refractivity contribution is 9.09. The van der Waals surface area contributed by atoms with Crippen LogP contribution in [0.25, 0.3) is 0 Å². The molecular weight excluding hydrogens is 654 g/mol. The number of likely N-dealkylation sites (tertiary alicyclic amines) is 1. The Balaban J connectivity index is 2.03. The first-order valence-electron chi connectivity index (χ1n) is 16.6. The normalized spacial score (nSPS) is 28.5. The van der Waals surface area contributed by atoms with Crippen molar-refractivity contribution >= 4 is 39.6 Å². The van der Waals surface area contributed by atoms with Crippen molar-refractivity contribution in [1.82, 2.24) is 15.1 Å². The highest BCUT2D eigenvalue weighted by atomic mass is 79.9. The average Bonchev–Trinajstić information content (AvgIpc) is 3.53. The Morgan fingerprint density at radius 3 is 2.39 bits per heavy atom. The lowest BCUT2D eigenvalue weighted by Gasteiger charge is -2.46. The molecule has 0 saturated carbocycles. The lowest BCUT2D eigenvalue weighted by atomic mass is 9.70. The van der Waals surface area contributed by atoms with E-state index in [-0.39, 0.29) is 60.0 Å². The predicted octanol–water partition coefficient (Wildman–Crippen LogP) is 4.38. The minimum absolute atomic E-state index is 0.0968. The van der Waals surface area contributed by atoms with E-state index in [1.807, 2.05) is 27.7 Å². The van der Waals surface area contributed by atoms with Gasteiger partial charge >= 0.3 is 5.97 Å². The highest BCUT2D eigenvalue weighted by Gasteiger charge is 2.77. The molecule has 3 rings (SSSR count). The molecule has 3 fully saturated rings. The van der Waals surface area contributed by atoms with Gasteiger partial charge in [0.1, 0.15) is 17.7 Å². The third kappa shape index (κ3) is 7.89. The number of hydrogen-bond acceptors (Lipinski definition) is 7. The van der Waals surface area contributed by atoms with Crippen LogP contribution in [-0.2, 0) is 28.7 Å². The second kappa shape index (κ2) is 14.9. The summed E-state index contributed by atoms with van der Waals surface area (Å²) in [5, 5.41) is 13.4. The number of nitrogens with zero attached hydrogens (tertiary/aromatic N) is 2. The molecule has 3 aliphatic heterocycles. The molecule has 0 aromatic rings.